The van der Waals surface area contributed by atoms with Crippen molar-refractivity contribution in [3.8, 4) is 0 Å². The van der Waals surface area contributed by atoms with Crippen LogP contribution in [-0.4, -0.2) is 86.3 Å². The van der Waals surface area contributed by atoms with Crippen molar-refractivity contribution >= 4 is 114 Å². The number of rotatable bonds is 13. The lowest BCUT2D eigenvalue weighted by Gasteiger charge is -2.28. The number of nitro benzene ring substituents is 2. The molecule has 4 heterocycles. The van der Waals surface area contributed by atoms with Crippen LogP contribution in [0.1, 0.15) is 35.4 Å². The number of anilines is 2. The minimum absolute atomic E-state index is 0.0304. The third kappa shape index (κ3) is 10.6. The van der Waals surface area contributed by atoms with Gasteiger partial charge in [-0.25, -0.2) is 31.9 Å². The summed E-state index contributed by atoms with van der Waals surface area (Å²) in [5, 5.41) is 31.3. The van der Waals surface area contributed by atoms with Crippen molar-refractivity contribution in [3.63, 3.8) is 0 Å². The normalized spacial score (nSPS) is 16.3. The van der Waals surface area contributed by atoms with Gasteiger partial charge in [0.25, 0.3) is 21.4 Å². The summed E-state index contributed by atoms with van der Waals surface area (Å²) >= 11 is 15.2. The van der Waals surface area contributed by atoms with Crippen molar-refractivity contribution in [1.29, 1.82) is 0 Å². The van der Waals surface area contributed by atoms with E-state index in [0.29, 0.717) is 65.8 Å². The van der Waals surface area contributed by atoms with Crippen LogP contribution < -0.4 is 14.9 Å². The van der Waals surface area contributed by atoms with E-state index in [4.69, 9.17) is 38.1 Å². The standard InChI is InChI=1S/C27H25ClN4O6S2.C17H15ClN4O4S2/c1-38-26(33)14-18-5-4-6-19(13-18)16-31(40(36,37)25-8-3-2-7-23(25)32(34)35)21-11-12-30(17-21)27-29-22-10-9-20(28)15-24(22)39-27;18-11-4-5-13-14(8-11)27-17(20-13)21-7-6-10(9-21)12-2-1-3-15(28(19,25)26)16(12)22(23)24/h2-10,13,15,21H,11-12,14,16-17H2,1H3;1-5,8,10H,6-7,9H2,(H2,19,25,26). The van der Waals surface area contributed by atoms with Gasteiger partial charge in [-0.3, -0.25) is 25.0 Å². The Kier molecular flexibility index (Phi) is 14.3. The number of carbonyl (C=O) groups is 1. The van der Waals surface area contributed by atoms with E-state index in [2.05, 4.69) is 9.88 Å². The molecular formula is C44H40Cl2N8O10S4. The first-order chi connectivity index (χ1) is 32.4. The average Bonchev–Trinajstić information content (AvgIpc) is 4.14. The monoisotopic (exact) mass is 1040 g/mol. The van der Waals surface area contributed by atoms with Gasteiger partial charge in [0, 0.05) is 66.4 Å². The molecule has 9 rings (SSSR count). The molecule has 0 aliphatic carbocycles. The lowest BCUT2D eigenvalue weighted by atomic mass is 9.97. The Labute approximate surface area is 407 Å². The number of nitrogens with two attached hydrogens (primary N) is 1. The van der Waals surface area contributed by atoms with Crippen molar-refractivity contribution in [2.24, 2.45) is 5.14 Å². The van der Waals surface area contributed by atoms with E-state index in [1.807, 2.05) is 29.2 Å². The van der Waals surface area contributed by atoms with Crippen molar-refractivity contribution in [2.75, 3.05) is 43.1 Å². The zero-order chi connectivity index (χ0) is 48.5. The van der Waals surface area contributed by atoms with Crippen LogP contribution in [0.2, 0.25) is 10.0 Å². The Morgan fingerprint density at radius 1 is 0.779 bits per heavy atom. The number of hydrogen-bond acceptors (Lipinski definition) is 16. The number of esters is 1. The molecule has 0 spiro atoms. The van der Waals surface area contributed by atoms with Crippen LogP contribution in [0.3, 0.4) is 0 Å². The number of thiazole rings is 2. The number of methoxy groups -OCH3 is 1. The van der Waals surface area contributed by atoms with Gasteiger partial charge in [-0.1, -0.05) is 94.4 Å². The number of ether oxygens (including phenoxy) is 1. The van der Waals surface area contributed by atoms with E-state index in [1.165, 1.54) is 70.5 Å². The number of hydrogen-bond donors (Lipinski definition) is 1. The first-order valence-corrected chi connectivity index (χ1v) is 26.1. The zero-order valence-corrected chi connectivity index (χ0v) is 40.6. The van der Waals surface area contributed by atoms with Gasteiger partial charge in [-0.2, -0.15) is 4.31 Å². The Balaban J connectivity index is 0.000000196. The number of nitrogens with zero attached hydrogens (tertiary/aromatic N) is 7. The summed E-state index contributed by atoms with van der Waals surface area (Å²) < 4.78 is 59.7. The van der Waals surface area contributed by atoms with Crippen molar-refractivity contribution < 1.29 is 36.2 Å². The lowest BCUT2D eigenvalue weighted by Crippen LogP contribution is -2.41. The molecule has 2 aromatic heterocycles. The highest BCUT2D eigenvalue weighted by Crippen LogP contribution is 2.41. The first kappa shape index (κ1) is 48.6. The van der Waals surface area contributed by atoms with E-state index in [9.17, 15) is 41.9 Å². The molecule has 68 heavy (non-hydrogen) atoms. The fraction of sp³-hybridized carbons (Fsp3) is 0.250. The fourth-order valence-corrected chi connectivity index (χ4v) is 13.4. The maximum Gasteiger partial charge on any atom is 0.309 e. The number of primary sulfonamides is 1. The molecule has 2 aliphatic heterocycles. The fourth-order valence-electron chi connectivity index (χ4n) is 8.29. The molecule has 0 bridgehead atoms. The molecule has 0 radical (unpaired) electrons. The number of nitro groups is 2. The first-order valence-electron chi connectivity index (χ1n) is 20.7. The van der Waals surface area contributed by atoms with Crippen LogP contribution in [0.15, 0.2) is 113 Å². The molecule has 18 nitrogen and oxygen atoms in total. The molecule has 0 amide bonds. The lowest BCUT2D eigenvalue weighted by molar-refractivity contribution is -0.388. The van der Waals surface area contributed by atoms with E-state index < -0.39 is 58.2 Å². The Bertz CT molecular complexity index is 3320. The van der Waals surface area contributed by atoms with Crippen LogP contribution in [0.4, 0.5) is 21.6 Å². The predicted molar refractivity (Wildman–Crippen MR) is 262 cm³/mol. The smallest absolute Gasteiger partial charge is 0.309 e. The van der Waals surface area contributed by atoms with Crippen LogP contribution in [0.25, 0.3) is 20.4 Å². The number of benzene rings is 5. The van der Waals surface area contributed by atoms with Crippen LogP contribution >= 0.6 is 45.9 Å². The van der Waals surface area contributed by atoms with Gasteiger partial charge in [-0.15, -0.1) is 0 Å². The van der Waals surface area contributed by atoms with Gasteiger partial charge in [0.2, 0.25) is 10.0 Å². The second-order valence-corrected chi connectivity index (χ2v) is 22.2. The van der Waals surface area contributed by atoms with Gasteiger partial charge in [0.1, 0.15) is 0 Å². The topological polar surface area (TPSA) is 242 Å². The summed E-state index contributed by atoms with van der Waals surface area (Å²) in [5.74, 6) is -0.609. The Hall–Kier alpha value is -5.85. The molecule has 2 saturated heterocycles. The minimum Gasteiger partial charge on any atom is -0.469 e. The highest BCUT2D eigenvalue weighted by molar-refractivity contribution is 7.89. The Morgan fingerprint density at radius 3 is 1.99 bits per heavy atom. The van der Waals surface area contributed by atoms with E-state index >= 15 is 0 Å². The van der Waals surface area contributed by atoms with Crippen molar-refractivity contribution in [2.45, 2.75) is 47.6 Å². The minimum atomic E-state index is -4.30. The average molecular weight is 1040 g/mol. The molecular weight excluding hydrogens is 1000 g/mol. The van der Waals surface area contributed by atoms with Gasteiger partial charge >= 0.3 is 5.97 Å². The highest BCUT2D eigenvalue weighted by Gasteiger charge is 2.40. The molecule has 2 aliphatic rings. The Morgan fingerprint density at radius 2 is 1.37 bits per heavy atom. The molecule has 24 heteroatoms. The molecule has 2 unspecified atom stereocenters. The number of halogens is 2. The number of fused-ring (bicyclic) bond motifs is 2. The van der Waals surface area contributed by atoms with E-state index in [1.54, 1.807) is 42.5 Å². The molecule has 7 aromatic rings. The molecule has 354 valence electrons. The zero-order valence-electron chi connectivity index (χ0n) is 35.8. The van der Waals surface area contributed by atoms with Crippen molar-refractivity contribution in [1.82, 2.24) is 14.3 Å². The number of aromatic nitrogens is 2. The second kappa shape index (κ2) is 20.0. The summed E-state index contributed by atoms with van der Waals surface area (Å²) in [5.41, 5.74) is 2.43. The molecule has 0 saturated carbocycles. The van der Waals surface area contributed by atoms with Crippen molar-refractivity contribution in [3.05, 3.63) is 150 Å². The van der Waals surface area contributed by atoms with E-state index in [-0.39, 0.29) is 23.8 Å². The van der Waals surface area contributed by atoms with Gasteiger partial charge in [0.15, 0.2) is 20.1 Å². The second-order valence-electron chi connectivity index (χ2n) is 15.9. The van der Waals surface area contributed by atoms with Crippen LogP contribution in [-0.2, 0) is 42.5 Å². The molecule has 2 N–H and O–H groups in total. The summed E-state index contributed by atoms with van der Waals surface area (Å²) in [6.45, 7) is 2.05. The molecule has 2 fully saturated rings. The third-order valence-electron chi connectivity index (χ3n) is 11.5. The summed E-state index contributed by atoms with van der Waals surface area (Å²) in [6, 6.07) is 27.1. The quantitative estimate of drug-likeness (QED) is 0.0647. The highest BCUT2D eigenvalue weighted by atomic mass is 35.5. The summed E-state index contributed by atoms with van der Waals surface area (Å²) in [4.78, 5) is 46.4. The SMILES string of the molecule is COC(=O)Cc1cccc(CN(C2CCN(c3nc4ccc(Cl)cc4s3)C2)S(=O)(=O)c2ccccc2[N+](=O)[O-])c1.NS(=O)(=O)c1cccc(C2CCN(c3nc4ccc(Cl)cc4s3)C2)c1[N+](=O)[O-]. The van der Waals surface area contributed by atoms with E-state index in [0.717, 1.165) is 30.7 Å². The van der Waals surface area contributed by atoms with Gasteiger partial charge in [-0.05, 0) is 72.5 Å². The predicted octanol–water partition coefficient (Wildman–Crippen LogP) is 8.54. The molecule has 5 aromatic carbocycles. The largest absolute Gasteiger partial charge is 0.469 e. The number of sulfonamides is 2. The summed E-state index contributed by atoms with van der Waals surface area (Å²) in [6.07, 6.45) is 1.18. The maximum atomic E-state index is 14.1. The number of carbonyl (C=O) groups excluding carboxylic acids is 1. The van der Waals surface area contributed by atoms with Gasteiger partial charge < -0.3 is 14.5 Å². The maximum absolute atomic E-state index is 14.1. The van der Waals surface area contributed by atoms with Crippen LogP contribution in [0, 0.1) is 20.2 Å². The summed E-state index contributed by atoms with van der Waals surface area (Å²) in [7, 11) is -7.19. The van der Waals surface area contributed by atoms with Gasteiger partial charge in [0.05, 0.1) is 43.8 Å². The third-order valence-corrected chi connectivity index (χ3v) is 17.0. The number of para-hydroxylation sites is 2. The molecule has 2 atom stereocenters. The van der Waals surface area contributed by atoms with Crippen LogP contribution in [0.5, 0.6) is 0 Å².